The van der Waals surface area contributed by atoms with Crippen LogP contribution in [-0.4, -0.2) is 18.5 Å². The fourth-order valence-corrected chi connectivity index (χ4v) is 1.44. The fourth-order valence-electron chi connectivity index (χ4n) is 1.44. The molecule has 0 aliphatic carbocycles. The van der Waals surface area contributed by atoms with Crippen LogP contribution >= 0.6 is 0 Å². The molecule has 0 aliphatic heterocycles. The highest BCUT2D eigenvalue weighted by molar-refractivity contribution is 5.92. The van der Waals surface area contributed by atoms with Crippen molar-refractivity contribution in [3.8, 4) is 0 Å². The maximum absolute atomic E-state index is 13.8. The minimum Gasteiger partial charge on any atom is -0.445 e. The van der Waals surface area contributed by atoms with Gasteiger partial charge >= 0.3 is 6.09 Å². The SMILES string of the molecule is CCNC(=O)OCc1cc(F)c(NC(=O)C(C)C)c(F)c1. The van der Waals surface area contributed by atoms with Gasteiger partial charge in [0.25, 0.3) is 0 Å². The van der Waals surface area contributed by atoms with Crippen LogP contribution in [-0.2, 0) is 16.1 Å². The summed E-state index contributed by atoms with van der Waals surface area (Å²) in [6.07, 6.45) is -0.671. The van der Waals surface area contributed by atoms with Gasteiger partial charge < -0.3 is 15.4 Å². The summed E-state index contributed by atoms with van der Waals surface area (Å²) in [5.74, 6) is -2.72. The predicted octanol–water partition coefficient (Wildman–Crippen LogP) is 2.81. The average molecular weight is 300 g/mol. The Labute approximate surface area is 121 Å². The molecule has 1 rings (SSSR count). The molecule has 7 heteroatoms. The normalized spacial score (nSPS) is 10.4. The number of amides is 2. The minimum atomic E-state index is -0.918. The van der Waals surface area contributed by atoms with Gasteiger partial charge in [-0.25, -0.2) is 13.6 Å². The van der Waals surface area contributed by atoms with Crippen molar-refractivity contribution >= 4 is 17.7 Å². The van der Waals surface area contributed by atoms with Gasteiger partial charge in [-0.2, -0.15) is 0 Å². The van der Waals surface area contributed by atoms with E-state index >= 15 is 0 Å². The van der Waals surface area contributed by atoms with Crippen LogP contribution in [0.25, 0.3) is 0 Å². The van der Waals surface area contributed by atoms with Crippen molar-refractivity contribution in [2.75, 3.05) is 11.9 Å². The quantitative estimate of drug-likeness (QED) is 0.878. The van der Waals surface area contributed by atoms with Crippen molar-refractivity contribution in [1.29, 1.82) is 0 Å². The van der Waals surface area contributed by atoms with Crippen LogP contribution in [0.3, 0.4) is 0 Å². The van der Waals surface area contributed by atoms with E-state index in [2.05, 4.69) is 10.6 Å². The Kier molecular flexibility index (Phi) is 6.08. The summed E-state index contributed by atoms with van der Waals surface area (Å²) in [5, 5.41) is 4.57. The van der Waals surface area contributed by atoms with E-state index in [-0.39, 0.29) is 12.2 Å². The van der Waals surface area contributed by atoms with Crippen LogP contribution in [0.15, 0.2) is 12.1 Å². The molecule has 0 spiro atoms. The summed E-state index contributed by atoms with van der Waals surface area (Å²) in [6.45, 7) is 5.06. The third kappa shape index (κ3) is 5.02. The molecule has 5 nitrogen and oxygen atoms in total. The molecule has 0 fully saturated rings. The van der Waals surface area contributed by atoms with Gasteiger partial charge in [-0.1, -0.05) is 13.8 Å². The first kappa shape index (κ1) is 16.9. The molecule has 0 saturated heterocycles. The van der Waals surface area contributed by atoms with Gasteiger partial charge in [0, 0.05) is 12.5 Å². The number of anilines is 1. The van der Waals surface area contributed by atoms with Crippen molar-refractivity contribution in [3.05, 3.63) is 29.3 Å². The molecule has 0 unspecified atom stereocenters. The van der Waals surface area contributed by atoms with E-state index in [9.17, 15) is 18.4 Å². The molecule has 1 aromatic carbocycles. The third-order valence-electron chi connectivity index (χ3n) is 2.57. The highest BCUT2D eigenvalue weighted by Crippen LogP contribution is 2.22. The predicted molar refractivity (Wildman–Crippen MR) is 73.7 cm³/mol. The van der Waals surface area contributed by atoms with Crippen LogP contribution in [0, 0.1) is 17.6 Å². The number of carbonyl (C=O) groups is 2. The van der Waals surface area contributed by atoms with Crippen LogP contribution in [0.5, 0.6) is 0 Å². The lowest BCUT2D eigenvalue weighted by Crippen LogP contribution is -2.23. The molecule has 1 aromatic rings. The first-order valence-electron chi connectivity index (χ1n) is 6.54. The number of ether oxygens (including phenoxy) is 1. The van der Waals surface area contributed by atoms with Gasteiger partial charge in [0.05, 0.1) is 0 Å². The van der Waals surface area contributed by atoms with Crippen molar-refractivity contribution in [2.45, 2.75) is 27.4 Å². The largest absolute Gasteiger partial charge is 0.445 e. The van der Waals surface area contributed by atoms with Crippen LogP contribution in [0.2, 0.25) is 0 Å². The number of carbonyl (C=O) groups excluding carboxylic acids is 2. The van der Waals surface area contributed by atoms with Gasteiger partial charge in [-0.15, -0.1) is 0 Å². The Morgan fingerprint density at radius 3 is 2.29 bits per heavy atom. The lowest BCUT2D eigenvalue weighted by atomic mass is 10.1. The molecule has 2 amide bonds. The maximum Gasteiger partial charge on any atom is 0.407 e. The van der Waals surface area contributed by atoms with E-state index in [0.29, 0.717) is 6.54 Å². The average Bonchev–Trinajstić information content (AvgIpc) is 2.40. The summed E-state index contributed by atoms with van der Waals surface area (Å²) < 4.78 is 32.4. The van der Waals surface area contributed by atoms with Crippen LogP contribution < -0.4 is 10.6 Å². The number of alkyl carbamates (subject to hydrolysis) is 1. The smallest absolute Gasteiger partial charge is 0.407 e. The topological polar surface area (TPSA) is 67.4 Å². The zero-order valence-corrected chi connectivity index (χ0v) is 12.1. The van der Waals surface area contributed by atoms with Gasteiger partial charge in [0.15, 0.2) is 0 Å². The molecule has 0 radical (unpaired) electrons. The lowest BCUT2D eigenvalue weighted by Gasteiger charge is -2.11. The van der Waals surface area contributed by atoms with Gasteiger partial charge in [-0.05, 0) is 24.6 Å². The second kappa shape index (κ2) is 7.56. The molecule has 116 valence electrons. The molecule has 0 saturated carbocycles. The highest BCUT2D eigenvalue weighted by atomic mass is 19.1. The van der Waals surface area contributed by atoms with Crippen LogP contribution in [0.4, 0.5) is 19.3 Å². The van der Waals surface area contributed by atoms with Crippen molar-refractivity contribution < 1.29 is 23.1 Å². The van der Waals surface area contributed by atoms with Crippen LogP contribution in [0.1, 0.15) is 26.3 Å². The first-order chi connectivity index (χ1) is 9.85. The van der Waals surface area contributed by atoms with E-state index in [1.54, 1.807) is 20.8 Å². The molecule has 0 aromatic heterocycles. The molecule has 21 heavy (non-hydrogen) atoms. The van der Waals surface area contributed by atoms with E-state index in [4.69, 9.17) is 4.74 Å². The standard InChI is InChI=1S/C14H18F2N2O3/c1-4-17-14(20)21-7-9-5-10(15)12(11(16)6-9)18-13(19)8(2)3/h5-6,8H,4,7H2,1-3H3,(H,17,20)(H,18,19). The van der Waals surface area contributed by atoms with Crippen molar-refractivity contribution in [3.63, 3.8) is 0 Å². The Balaban J connectivity index is 2.80. The Hall–Kier alpha value is -2.18. The summed E-state index contributed by atoms with van der Waals surface area (Å²) in [5.41, 5.74) is -0.353. The molecular formula is C14H18F2N2O3. The number of hydrogen-bond donors (Lipinski definition) is 2. The minimum absolute atomic E-state index is 0.152. The summed E-state index contributed by atoms with van der Waals surface area (Å²) in [6, 6.07) is 2.02. The molecule has 2 N–H and O–H groups in total. The van der Waals surface area contributed by atoms with E-state index in [0.717, 1.165) is 12.1 Å². The molecule has 0 aliphatic rings. The third-order valence-corrected chi connectivity index (χ3v) is 2.57. The summed E-state index contributed by atoms with van der Waals surface area (Å²) >= 11 is 0. The van der Waals surface area contributed by atoms with E-state index < -0.39 is 35.2 Å². The molecule has 0 bridgehead atoms. The van der Waals surface area contributed by atoms with E-state index in [1.165, 1.54) is 0 Å². The van der Waals surface area contributed by atoms with Crippen molar-refractivity contribution in [2.24, 2.45) is 5.92 Å². The lowest BCUT2D eigenvalue weighted by molar-refractivity contribution is -0.118. The number of halogens is 2. The second-order valence-corrected chi connectivity index (χ2v) is 4.68. The fraction of sp³-hybridized carbons (Fsp3) is 0.429. The maximum atomic E-state index is 13.8. The van der Waals surface area contributed by atoms with Gasteiger partial charge in [0.2, 0.25) is 5.91 Å². The summed E-state index contributed by atoms with van der Waals surface area (Å²) in [7, 11) is 0. The Bertz CT molecular complexity index is 510. The second-order valence-electron chi connectivity index (χ2n) is 4.68. The summed E-state index contributed by atoms with van der Waals surface area (Å²) in [4.78, 5) is 22.6. The Morgan fingerprint density at radius 1 is 1.24 bits per heavy atom. The first-order valence-corrected chi connectivity index (χ1v) is 6.54. The van der Waals surface area contributed by atoms with Gasteiger partial charge in [-0.3, -0.25) is 4.79 Å². The van der Waals surface area contributed by atoms with Gasteiger partial charge in [0.1, 0.15) is 23.9 Å². The zero-order valence-electron chi connectivity index (χ0n) is 12.1. The number of hydrogen-bond acceptors (Lipinski definition) is 3. The number of rotatable bonds is 5. The number of nitrogens with one attached hydrogen (secondary N) is 2. The molecule has 0 heterocycles. The molecule has 0 atom stereocenters. The monoisotopic (exact) mass is 300 g/mol. The highest BCUT2D eigenvalue weighted by Gasteiger charge is 2.16. The number of benzene rings is 1. The van der Waals surface area contributed by atoms with Crippen molar-refractivity contribution in [1.82, 2.24) is 5.32 Å². The Morgan fingerprint density at radius 2 is 1.81 bits per heavy atom. The van der Waals surface area contributed by atoms with E-state index in [1.807, 2.05) is 0 Å². The molecular weight excluding hydrogens is 282 g/mol. The zero-order chi connectivity index (χ0) is 16.0.